The third-order valence-corrected chi connectivity index (χ3v) is 1.83. The number of Topliss-reactive ketones (excluding diaryl/α,β-unsaturated/α-hetero) is 1. The molecular weight excluding hydrogens is 212 g/mol. The zero-order chi connectivity index (χ0) is 11.4. The molecule has 0 aliphatic rings. The summed E-state index contributed by atoms with van der Waals surface area (Å²) in [4.78, 5) is 22.1. The molecule has 0 radical (unpaired) electrons. The lowest BCUT2D eigenvalue weighted by Gasteiger charge is -1.93. The standard InChI is InChI=1S/C9H10N4O3/c1-15-5-6(14)4-7-12-9(13-16-7)8-10-2-3-11-8/h2-3H,4-5H2,1H3,(H,10,11). The van der Waals surface area contributed by atoms with Crippen molar-refractivity contribution in [1.82, 2.24) is 20.1 Å². The number of hydrogen-bond acceptors (Lipinski definition) is 6. The topological polar surface area (TPSA) is 93.9 Å². The van der Waals surface area contributed by atoms with Crippen molar-refractivity contribution in [1.29, 1.82) is 0 Å². The van der Waals surface area contributed by atoms with Crippen LogP contribution in [0.5, 0.6) is 0 Å². The van der Waals surface area contributed by atoms with Gasteiger partial charge in [0.15, 0.2) is 11.6 Å². The number of imidazole rings is 1. The molecule has 16 heavy (non-hydrogen) atoms. The maximum atomic E-state index is 11.2. The number of rotatable bonds is 5. The Balaban J connectivity index is 2.06. The van der Waals surface area contributed by atoms with Gasteiger partial charge in [0.2, 0.25) is 11.7 Å². The van der Waals surface area contributed by atoms with E-state index in [1.807, 2.05) is 0 Å². The second kappa shape index (κ2) is 4.67. The summed E-state index contributed by atoms with van der Waals surface area (Å²) in [6.07, 6.45) is 3.31. The number of nitrogens with zero attached hydrogens (tertiary/aromatic N) is 3. The quantitative estimate of drug-likeness (QED) is 0.777. The Kier molecular flexibility index (Phi) is 3.06. The zero-order valence-electron chi connectivity index (χ0n) is 8.64. The van der Waals surface area contributed by atoms with Crippen LogP contribution < -0.4 is 0 Å². The second-order valence-electron chi connectivity index (χ2n) is 3.10. The van der Waals surface area contributed by atoms with E-state index in [9.17, 15) is 4.79 Å². The highest BCUT2D eigenvalue weighted by Crippen LogP contribution is 2.09. The molecule has 2 aromatic heterocycles. The Hall–Kier alpha value is -2.02. The van der Waals surface area contributed by atoms with Crippen molar-refractivity contribution in [3.05, 3.63) is 18.3 Å². The number of ether oxygens (including phenoxy) is 1. The summed E-state index contributed by atoms with van der Waals surface area (Å²) in [6.45, 7) is 0.0401. The number of H-pyrrole nitrogens is 1. The van der Waals surface area contributed by atoms with Gasteiger partial charge in [-0.05, 0) is 0 Å². The van der Waals surface area contributed by atoms with E-state index in [2.05, 4.69) is 20.1 Å². The molecule has 1 N–H and O–H groups in total. The monoisotopic (exact) mass is 222 g/mol. The lowest BCUT2D eigenvalue weighted by atomic mass is 10.3. The summed E-state index contributed by atoms with van der Waals surface area (Å²) in [6, 6.07) is 0. The molecule has 0 atom stereocenters. The first-order chi connectivity index (χ1) is 7.79. The Labute approximate surface area is 90.8 Å². The molecule has 0 bridgehead atoms. The van der Waals surface area contributed by atoms with Crippen LogP contribution in [0.15, 0.2) is 16.9 Å². The molecule has 0 amide bonds. The first-order valence-corrected chi connectivity index (χ1v) is 4.62. The van der Waals surface area contributed by atoms with Crippen molar-refractivity contribution < 1.29 is 14.1 Å². The van der Waals surface area contributed by atoms with Crippen LogP contribution in [0, 0.1) is 0 Å². The van der Waals surface area contributed by atoms with E-state index in [-0.39, 0.29) is 24.7 Å². The lowest BCUT2D eigenvalue weighted by molar-refractivity contribution is -0.122. The number of carbonyl (C=O) groups is 1. The minimum absolute atomic E-state index is 0.0401. The second-order valence-corrected chi connectivity index (χ2v) is 3.10. The Bertz CT molecular complexity index is 463. The van der Waals surface area contributed by atoms with Gasteiger partial charge in [0.05, 0.1) is 6.42 Å². The molecule has 2 aromatic rings. The van der Waals surface area contributed by atoms with E-state index >= 15 is 0 Å². The molecule has 0 aliphatic heterocycles. The first kappa shape index (κ1) is 10.5. The number of aromatic nitrogens is 4. The number of aromatic amines is 1. The molecule has 7 nitrogen and oxygen atoms in total. The molecule has 0 spiro atoms. The highest BCUT2D eigenvalue weighted by molar-refractivity contribution is 5.81. The van der Waals surface area contributed by atoms with Gasteiger partial charge in [0.1, 0.15) is 6.61 Å². The Morgan fingerprint density at radius 2 is 2.50 bits per heavy atom. The first-order valence-electron chi connectivity index (χ1n) is 4.62. The highest BCUT2D eigenvalue weighted by Gasteiger charge is 2.13. The number of hydrogen-bond donors (Lipinski definition) is 1. The van der Waals surface area contributed by atoms with Crippen LogP contribution in [0.2, 0.25) is 0 Å². The predicted octanol–water partition coefficient (Wildman–Crippen LogP) is 0.218. The average Bonchev–Trinajstić information content (AvgIpc) is 2.86. The minimum Gasteiger partial charge on any atom is -0.377 e. The van der Waals surface area contributed by atoms with E-state index in [1.54, 1.807) is 12.4 Å². The fraction of sp³-hybridized carbons (Fsp3) is 0.333. The Morgan fingerprint density at radius 3 is 3.19 bits per heavy atom. The molecule has 0 aliphatic carbocycles. The third kappa shape index (κ3) is 2.31. The van der Waals surface area contributed by atoms with E-state index in [0.717, 1.165) is 0 Å². The van der Waals surface area contributed by atoms with Crippen LogP contribution in [-0.4, -0.2) is 39.6 Å². The summed E-state index contributed by atoms with van der Waals surface area (Å²) in [5.74, 6) is 0.991. The van der Waals surface area contributed by atoms with E-state index in [0.29, 0.717) is 11.6 Å². The van der Waals surface area contributed by atoms with E-state index in [1.165, 1.54) is 7.11 Å². The van der Waals surface area contributed by atoms with Crippen LogP contribution in [-0.2, 0) is 16.0 Å². The fourth-order valence-electron chi connectivity index (χ4n) is 1.19. The minimum atomic E-state index is -0.114. The molecule has 0 aromatic carbocycles. The molecule has 0 saturated heterocycles. The van der Waals surface area contributed by atoms with Crippen molar-refractivity contribution in [2.24, 2.45) is 0 Å². The van der Waals surface area contributed by atoms with Gasteiger partial charge in [0, 0.05) is 19.5 Å². The summed E-state index contributed by atoms with van der Waals surface area (Å²) >= 11 is 0. The summed E-state index contributed by atoms with van der Waals surface area (Å²) in [5.41, 5.74) is 0. The fourth-order valence-corrected chi connectivity index (χ4v) is 1.19. The van der Waals surface area contributed by atoms with Gasteiger partial charge in [0.25, 0.3) is 0 Å². The lowest BCUT2D eigenvalue weighted by Crippen LogP contribution is -2.09. The van der Waals surface area contributed by atoms with Gasteiger partial charge in [-0.1, -0.05) is 5.16 Å². The van der Waals surface area contributed by atoms with Crippen LogP contribution in [0.3, 0.4) is 0 Å². The van der Waals surface area contributed by atoms with Crippen LogP contribution in [0.4, 0.5) is 0 Å². The van der Waals surface area contributed by atoms with Crippen LogP contribution in [0.1, 0.15) is 5.89 Å². The molecule has 84 valence electrons. The number of methoxy groups -OCH3 is 1. The molecule has 2 heterocycles. The van der Waals surface area contributed by atoms with Gasteiger partial charge < -0.3 is 14.2 Å². The molecular formula is C9H10N4O3. The van der Waals surface area contributed by atoms with Gasteiger partial charge in [-0.25, -0.2) is 4.98 Å². The maximum absolute atomic E-state index is 11.2. The molecule has 7 heteroatoms. The van der Waals surface area contributed by atoms with Crippen molar-refractivity contribution >= 4 is 5.78 Å². The highest BCUT2D eigenvalue weighted by atomic mass is 16.5. The van der Waals surface area contributed by atoms with E-state index in [4.69, 9.17) is 9.26 Å². The Morgan fingerprint density at radius 1 is 1.62 bits per heavy atom. The number of carbonyl (C=O) groups excluding carboxylic acids is 1. The molecule has 0 fully saturated rings. The largest absolute Gasteiger partial charge is 0.377 e. The number of nitrogens with one attached hydrogen (secondary N) is 1. The molecule has 0 saturated carbocycles. The van der Waals surface area contributed by atoms with E-state index < -0.39 is 0 Å². The summed E-state index contributed by atoms with van der Waals surface area (Å²) < 4.78 is 9.60. The van der Waals surface area contributed by atoms with Gasteiger partial charge in [-0.3, -0.25) is 4.79 Å². The molecule has 0 unspecified atom stereocenters. The van der Waals surface area contributed by atoms with Gasteiger partial charge >= 0.3 is 0 Å². The summed E-state index contributed by atoms with van der Waals surface area (Å²) in [7, 11) is 1.46. The zero-order valence-corrected chi connectivity index (χ0v) is 8.64. The third-order valence-electron chi connectivity index (χ3n) is 1.83. The van der Waals surface area contributed by atoms with Crippen LogP contribution >= 0.6 is 0 Å². The van der Waals surface area contributed by atoms with Crippen molar-refractivity contribution in [2.45, 2.75) is 6.42 Å². The van der Waals surface area contributed by atoms with Crippen molar-refractivity contribution in [3.8, 4) is 11.6 Å². The summed E-state index contributed by atoms with van der Waals surface area (Å²) in [5, 5.41) is 3.70. The smallest absolute Gasteiger partial charge is 0.238 e. The van der Waals surface area contributed by atoms with Gasteiger partial charge in [-0.2, -0.15) is 4.98 Å². The van der Waals surface area contributed by atoms with Crippen molar-refractivity contribution in [2.75, 3.05) is 13.7 Å². The maximum Gasteiger partial charge on any atom is 0.238 e. The van der Waals surface area contributed by atoms with Gasteiger partial charge in [-0.15, -0.1) is 0 Å². The molecule has 2 rings (SSSR count). The average molecular weight is 222 g/mol. The SMILES string of the molecule is COCC(=O)Cc1nc(-c2ncc[nH]2)no1. The predicted molar refractivity (Wildman–Crippen MR) is 52.5 cm³/mol. The normalized spacial score (nSPS) is 10.6. The number of ketones is 1. The van der Waals surface area contributed by atoms with Crippen LogP contribution in [0.25, 0.3) is 11.6 Å². The van der Waals surface area contributed by atoms with Crippen molar-refractivity contribution in [3.63, 3.8) is 0 Å².